The lowest BCUT2D eigenvalue weighted by atomic mass is 9.97. The summed E-state index contributed by atoms with van der Waals surface area (Å²) in [5.41, 5.74) is 2.68. The lowest BCUT2D eigenvalue weighted by Crippen LogP contribution is -2.50. The highest BCUT2D eigenvalue weighted by Gasteiger charge is 2.34. The maximum Gasteiger partial charge on any atom is 0.408 e. The van der Waals surface area contributed by atoms with Crippen LogP contribution in [-0.4, -0.2) is 48.1 Å². The first-order valence-electron chi connectivity index (χ1n) is 12.2. The van der Waals surface area contributed by atoms with Crippen molar-refractivity contribution in [1.82, 2.24) is 10.2 Å². The van der Waals surface area contributed by atoms with E-state index in [2.05, 4.69) is 10.6 Å². The van der Waals surface area contributed by atoms with Gasteiger partial charge >= 0.3 is 6.09 Å². The second-order valence-electron chi connectivity index (χ2n) is 9.88. The number of amides is 3. The van der Waals surface area contributed by atoms with Crippen LogP contribution in [-0.2, 0) is 14.3 Å². The van der Waals surface area contributed by atoms with Crippen LogP contribution in [0.2, 0.25) is 0 Å². The molecule has 0 aliphatic carbocycles. The molecule has 8 nitrogen and oxygen atoms in total. The van der Waals surface area contributed by atoms with Crippen molar-refractivity contribution in [3.63, 3.8) is 0 Å². The maximum atomic E-state index is 13.7. The molecule has 2 aromatic rings. The number of benzene rings is 2. The van der Waals surface area contributed by atoms with Crippen molar-refractivity contribution < 1.29 is 23.9 Å². The molecule has 0 saturated heterocycles. The first-order valence-corrected chi connectivity index (χ1v) is 12.2. The van der Waals surface area contributed by atoms with Crippen molar-refractivity contribution in [2.75, 3.05) is 19.0 Å². The fourth-order valence-corrected chi connectivity index (χ4v) is 3.65. The molecule has 0 spiro atoms. The number of nitrogens with zero attached hydrogens (tertiary/aromatic N) is 1. The zero-order valence-electron chi connectivity index (χ0n) is 22.6. The standard InChI is InChI=1S/C28H39N3O5/c1-9-20(4)31(24(32)17-29-27(34)36-28(5,6)7)25(21-11-10-18(2)19(3)16-21)26(33)30-22-12-14-23(35-8)15-13-22/h10-16,20,25H,9,17H2,1-8H3,(H,29,34)(H,30,33). The SMILES string of the molecule is CCC(C)N(C(=O)CNC(=O)OC(C)(C)C)C(C(=O)Nc1ccc(OC)cc1)c1ccc(C)c(C)c1. The number of rotatable bonds is 9. The largest absolute Gasteiger partial charge is 0.497 e. The van der Waals surface area contributed by atoms with Crippen LogP contribution in [0.5, 0.6) is 5.75 Å². The van der Waals surface area contributed by atoms with Gasteiger partial charge in [0.2, 0.25) is 5.91 Å². The van der Waals surface area contributed by atoms with Crippen LogP contribution in [0.15, 0.2) is 42.5 Å². The third kappa shape index (κ3) is 8.00. The monoisotopic (exact) mass is 497 g/mol. The van der Waals surface area contributed by atoms with Crippen LogP contribution in [0.4, 0.5) is 10.5 Å². The number of carbonyl (C=O) groups is 3. The van der Waals surface area contributed by atoms with E-state index in [0.29, 0.717) is 23.4 Å². The Bertz CT molecular complexity index is 1060. The van der Waals surface area contributed by atoms with E-state index < -0.39 is 17.7 Å². The number of nitrogens with one attached hydrogen (secondary N) is 2. The molecule has 0 aromatic heterocycles. The normalized spacial score (nSPS) is 12.8. The Labute approximate surface area is 214 Å². The number of ether oxygens (including phenoxy) is 2. The van der Waals surface area contributed by atoms with Crippen LogP contribution in [0.25, 0.3) is 0 Å². The molecule has 2 N–H and O–H groups in total. The number of aryl methyl sites for hydroxylation is 2. The summed E-state index contributed by atoms with van der Waals surface area (Å²) in [4.78, 5) is 40.9. The van der Waals surface area contributed by atoms with Crippen molar-refractivity contribution in [1.29, 1.82) is 0 Å². The zero-order chi connectivity index (χ0) is 27.0. The van der Waals surface area contributed by atoms with E-state index in [1.54, 1.807) is 57.0 Å². The number of carbonyl (C=O) groups excluding carboxylic acids is 3. The van der Waals surface area contributed by atoms with E-state index in [0.717, 1.165) is 11.1 Å². The molecule has 2 atom stereocenters. The molecule has 0 aliphatic heterocycles. The lowest BCUT2D eigenvalue weighted by molar-refractivity contribution is -0.140. The second-order valence-corrected chi connectivity index (χ2v) is 9.88. The van der Waals surface area contributed by atoms with E-state index in [4.69, 9.17) is 9.47 Å². The van der Waals surface area contributed by atoms with Gasteiger partial charge < -0.3 is 25.0 Å². The molecule has 2 rings (SSSR count). The van der Waals surface area contributed by atoms with Gasteiger partial charge in [0, 0.05) is 11.7 Å². The Kier molecular flexibility index (Phi) is 9.90. The molecule has 0 saturated carbocycles. The van der Waals surface area contributed by atoms with Crippen molar-refractivity contribution >= 4 is 23.6 Å². The van der Waals surface area contributed by atoms with Crippen LogP contribution < -0.4 is 15.4 Å². The molecule has 0 fully saturated rings. The van der Waals surface area contributed by atoms with Crippen molar-refractivity contribution in [3.05, 3.63) is 59.2 Å². The molecule has 36 heavy (non-hydrogen) atoms. The Morgan fingerprint density at radius 1 is 1.00 bits per heavy atom. The van der Waals surface area contributed by atoms with E-state index in [9.17, 15) is 14.4 Å². The minimum absolute atomic E-state index is 0.272. The van der Waals surface area contributed by atoms with Crippen LogP contribution >= 0.6 is 0 Å². The average Bonchev–Trinajstić information content (AvgIpc) is 2.81. The molecule has 0 bridgehead atoms. The molecule has 0 heterocycles. The number of hydrogen-bond donors (Lipinski definition) is 2. The average molecular weight is 498 g/mol. The van der Waals surface area contributed by atoms with Crippen LogP contribution in [0.1, 0.15) is 63.8 Å². The first kappa shape index (κ1) is 28.7. The third-order valence-electron chi connectivity index (χ3n) is 5.87. The predicted molar refractivity (Wildman–Crippen MR) is 141 cm³/mol. The smallest absolute Gasteiger partial charge is 0.408 e. The van der Waals surface area contributed by atoms with E-state index in [1.165, 1.54) is 0 Å². The van der Waals surface area contributed by atoms with Gasteiger partial charge in [0.1, 0.15) is 23.9 Å². The van der Waals surface area contributed by atoms with Gasteiger partial charge in [-0.1, -0.05) is 25.1 Å². The molecular formula is C28H39N3O5. The summed E-state index contributed by atoms with van der Waals surface area (Å²) in [6, 6.07) is 11.5. The molecule has 196 valence electrons. The van der Waals surface area contributed by atoms with Gasteiger partial charge in [-0.3, -0.25) is 9.59 Å². The molecule has 0 aliphatic rings. The van der Waals surface area contributed by atoms with E-state index in [1.807, 2.05) is 45.9 Å². The van der Waals surface area contributed by atoms with Gasteiger partial charge in [-0.25, -0.2) is 4.79 Å². The number of anilines is 1. The Hall–Kier alpha value is -3.55. The quantitative estimate of drug-likeness (QED) is 0.500. The number of alkyl carbamates (subject to hydrolysis) is 1. The summed E-state index contributed by atoms with van der Waals surface area (Å²) < 4.78 is 10.5. The van der Waals surface area contributed by atoms with Gasteiger partial charge in [0.25, 0.3) is 5.91 Å². The topological polar surface area (TPSA) is 97.0 Å². The maximum absolute atomic E-state index is 13.7. The zero-order valence-corrected chi connectivity index (χ0v) is 22.6. The molecule has 0 radical (unpaired) electrons. The molecule has 2 unspecified atom stereocenters. The number of methoxy groups -OCH3 is 1. The fraction of sp³-hybridized carbons (Fsp3) is 0.464. The third-order valence-corrected chi connectivity index (χ3v) is 5.87. The molecule has 2 aromatic carbocycles. The highest BCUT2D eigenvalue weighted by atomic mass is 16.6. The molecule has 3 amide bonds. The summed E-state index contributed by atoms with van der Waals surface area (Å²) in [7, 11) is 1.57. The minimum atomic E-state index is -0.908. The summed E-state index contributed by atoms with van der Waals surface area (Å²) in [5, 5.41) is 5.46. The summed E-state index contributed by atoms with van der Waals surface area (Å²) in [5.74, 6) is -0.0685. The van der Waals surface area contributed by atoms with Crippen LogP contribution in [0, 0.1) is 13.8 Å². The summed E-state index contributed by atoms with van der Waals surface area (Å²) in [6.45, 7) is 12.8. The van der Waals surface area contributed by atoms with Gasteiger partial charge in [0.05, 0.1) is 7.11 Å². The van der Waals surface area contributed by atoms with Gasteiger partial charge in [-0.15, -0.1) is 0 Å². The van der Waals surface area contributed by atoms with Gasteiger partial charge in [-0.05, 0) is 88.9 Å². The first-order chi connectivity index (χ1) is 16.9. The lowest BCUT2D eigenvalue weighted by Gasteiger charge is -2.36. The van der Waals surface area contributed by atoms with Gasteiger partial charge in [0.15, 0.2) is 0 Å². The van der Waals surface area contributed by atoms with Crippen molar-refractivity contribution in [2.45, 2.75) is 72.6 Å². The van der Waals surface area contributed by atoms with Crippen molar-refractivity contribution in [3.8, 4) is 5.75 Å². The number of hydrogen-bond acceptors (Lipinski definition) is 5. The molecular weight excluding hydrogens is 458 g/mol. The van der Waals surface area contributed by atoms with Crippen molar-refractivity contribution in [2.24, 2.45) is 0 Å². The van der Waals surface area contributed by atoms with E-state index >= 15 is 0 Å². The minimum Gasteiger partial charge on any atom is -0.497 e. The Morgan fingerprint density at radius 3 is 2.17 bits per heavy atom. The van der Waals surface area contributed by atoms with E-state index in [-0.39, 0.29) is 24.4 Å². The second kappa shape index (κ2) is 12.4. The Morgan fingerprint density at radius 2 is 1.64 bits per heavy atom. The fourth-order valence-electron chi connectivity index (χ4n) is 3.65. The highest BCUT2D eigenvalue weighted by Crippen LogP contribution is 2.28. The Balaban J connectivity index is 2.41. The van der Waals surface area contributed by atoms with Gasteiger partial charge in [-0.2, -0.15) is 0 Å². The van der Waals surface area contributed by atoms with Crippen LogP contribution in [0.3, 0.4) is 0 Å². The highest BCUT2D eigenvalue weighted by molar-refractivity contribution is 5.98. The predicted octanol–water partition coefficient (Wildman–Crippen LogP) is 5.14. The summed E-state index contributed by atoms with van der Waals surface area (Å²) in [6.07, 6.45) is -0.0691. The molecule has 8 heteroatoms. The summed E-state index contributed by atoms with van der Waals surface area (Å²) >= 11 is 0.